The van der Waals surface area contributed by atoms with Gasteiger partial charge in [-0.25, -0.2) is 8.42 Å². The number of hydrogen-bond donors (Lipinski definition) is 0. The van der Waals surface area contributed by atoms with Crippen LogP contribution in [0, 0.1) is 0 Å². The van der Waals surface area contributed by atoms with E-state index in [1.54, 1.807) is 42.1 Å². The van der Waals surface area contributed by atoms with Gasteiger partial charge in [0.15, 0.2) is 16.4 Å². The monoisotopic (exact) mass is 293 g/mol. The highest BCUT2D eigenvalue weighted by Gasteiger charge is 2.11. The number of hydrogen-bond acceptors (Lipinski definition) is 4. The van der Waals surface area contributed by atoms with Gasteiger partial charge in [-0.05, 0) is 30.3 Å². The minimum absolute atomic E-state index is 0.134. The van der Waals surface area contributed by atoms with Gasteiger partial charge in [-0.15, -0.1) is 0 Å². The van der Waals surface area contributed by atoms with Crippen LogP contribution in [0.2, 0.25) is 0 Å². The van der Waals surface area contributed by atoms with Gasteiger partial charge in [0.2, 0.25) is 5.78 Å². The Hall–Kier alpha value is -2.08. The molecule has 20 heavy (non-hydrogen) atoms. The average molecular weight is 293 g/mol. The molecule has 0 saturated heterocycles. The van der Waals surface area contributed by atoms with E-state index in [9.17, 15) is 13.2 Å². The molecule has 2 aromatic rings. The van der Waals surface area contributed by atoms with Crippen LogP contribution in [0.15, 0.2) is 47.5 Å². The van der Waals surface area contributed by atoms with Crippen molar-refractivity contribution in [3.8, 4) is 5.75 Å². The summed E-state index contributed by atoms with van der Waals surface area (Å²) in [6.45, 7) is -0.134. The summed E-state index contributed by atoms with van der Waals surface area (Å²) in [5.41, 5.74) is 0.546. The predicted octanol–water partition coefficient (Wildman–Crippen LogP) is 1.69. The van der Waals surface area contributed by atoms with E-state index in [0.29, 0.717) is 11.4 Å². The lowest BCUT2D eigenvalue weighted by molar-refractivity contribution is 0.0913. The first-order valence-electron chi connectivity index (χ1n) is 5.95. The molecule has 0 unspecified atom stereocenters. The van der Waals surface area contributed by atoms with E-state index in [2.05, 4.69) is 0 Å². The number of nitrogens with zero attached hydrogens (tertiary/aromatic N) is 1. The molecule has 0 N–H and O–H groups in total. The van der Waals surface area contributed by atoms with Crippen LogP contribution < -0.4 is 4.74 Å². The van der Waals surface area contributed by atoms with Crippen molar-refractivity contribution in [2.45, 2.75) is 4.90 Å². The molecule has 0 fully saturated rings. The summed E-state index contributed by atoms with van der Waals surface area (Å²) in [5, 5.41) is 0. The smallest absolute Gasteiger partial charge is 0.216 e. The number of ether oxygens (including phenoxy) is 1. The Morgan fingerprint density at radius 1 is 1.25 bits per heavy atom. The van der Waals surface area contributed by atoms with E-state index < -0.39 is 9.84 Å². The van der Waals surface area contributed by atoms with Crippen LogP contribution in [0.1, 0.15) is 10.5 Å². The zero-order valence-electron chi connectivity index (χ0n) is 11.2. The largest absolute Gasteiger partial charge is 0.485 e. The van der Waals surface area contributed by atoms with Crippen molar-refractivity contribution in [2.75, 3.05) is 12.9 Å². The Bertz CT molecular complexity index is 731. The SMILES string of the molecule is Cn1cccc1C(=O)COc1cccc(S(C)(=O)=O)c1. The van der Waals surface area contributed by atoms with E-state index in [0.717, 1.165) is 6.26 Å². The third-order valence-electron chi connectivity index (χ3n) is 2.83. The Kier molecular flexibility index (Phi) is 3.94. The summed E-state index contributed by atoms with van der Waals surface area (Å²) in [7, 11) is -1.51. The predicted molar refractivity (Wildman–Crippen MR) is 74.8 cm³/mol. The number of carbonyl (C=O) groups excluding carboxylic acids is 1. The van der Waals surface area contributed by atoms with E-state index in [4.69, 9.17) is 4.74 Å². The molecule has 0 atom stereocenters. The number of Topliss-reactive ketones (excluding diaryl/α,β-unsaturated/α-hetero) is 1. The highest BCUT2D eigenvalue weighted by atomic mass is 32.2. The lowest BCUT2D eigenvalue weighted by Gasteiger charge is -2.07. The molecule has 5 nitrogen and oxygen atoms in total. The topological polar surface area (TPSA) is 65.4 Å². The number of ketones is 1. The van der Waals surface area contributed by atoms with Crippen molar-refractivity contribution in [3.05, 3.63) is 48.3 Å². The fraction of sp³-hybridized carbons (Fsp3) is 0.214. The summed E-state index contributed by atoms with van der Waals surface area (Å²) >= 11 is 0. The molecule has 0 saturated carbocycles. The minimum Gasteiger partial charge on any atom is -0.485 e. The Balaban J connectivity index is 2.09. The van der Waals surface area contributed by atoms with Crippen LogP contribution in [0.25, 0.3) is 0 Å². The molecule has 6 heteroatoms. The highest BCUT2D eigenvalue weighted by molar-refractivity contribution is 7.90. The van der Waals surface area contributed by atoms with Crippen LogP contribution in [-0.2, 0) is 16.9 Å². The van der Waals surface area contributed by atoms with Crippen LogP contribution in [-0.4, -0.2) is 31.6 Å². The van der Waals surface area contributed by atoms with Crippen molar-refractivity contribution in [1.29, 1.82) is 0 Å². The summed E-state index contributed by atoms with van der Waals surface area (Å²) in [4.78, 5) is 12.1. The molecule has 0 spiro atoms. The van der Waals surface area contributed by atoms with Gasteiger partial charge < -0.3 is 9.30 Å². The maximum atomic E-state index is 11.9. The Labute approximate surface area is 117 Å². The van der Waals surface area contributed by atoms with Crippen molar-refractivity contribution in [1.82, 2.24) is 4.57 Å². The summed E-state index contributed by atoms with van der Waals surface area (Å²) in [6, 6.07) is 9.58. The Morgan fingerprint density at radius 2 is 2.00 bits per heavy atom. The summed E-state index contributed by atoms with van der Waals surface area (Å²) in [5.74, 6) is 0.192. The molecular formula is C14H15NO4S. The molecule has 2 rings (SSSR count). The Morgan fingerprint density at radius 3 is 2.60 bits per heavy atom. The molecule has 1 aromatic carbocycles. The number of aromatic nitrogens is 1. The molecule has 106 valence electrons. The third-order valence-corrected chi connectivity index (χ3v) is 3.94. The van der Waals surface area contributed by atoms with Crippen LogP contribution >= 0.6 is 0 Å². The molecule has 1 aromatic heterocycles. The number of sulfone groups is 1. The molecule has 0 aliphatic carbocycles. The van der Waals surface area contributed by atoms with Gasteiger partial charge in [0.1, 0.15) is 5.75 Å². The second-order valence-electron chi connectivity index (χ2n) is 4.46. The molecule has 0 aliphatic heterocycles. The van der Waals surface area contributed by atoms with Gasteiger partial charge in [0, 0.05) is 19.5 Å². The number of rotatable bonds is 5. The maximum Gasteiger partial charge on any atom is 0.216 e. The van der Waals surface area contributed by atoms with Crippen molar-refractivity contribution >= 4 is 15.6 Å². The minimum atomic E-state index is -3.28. The standard InChI is InChI=1S/C14H15NO4S/c1-15-8-4-7-13(15)14(16)10-19-11-5-3-6-12(9-11)20(2,17)18/h3-9H,10H2,1-2H3. The first kappa shape index (κ1) is 14.3. The molecule has 0 radical (unpaired) electrons. The number of carbonyl (C=O) groups is 1. The molecule has 0 aliphatic rings. The van der Waals surface area contributed by atoms with Crippen molar-refractivity contribution in [2.24, 2.45) is 7.05 Å². The van der Waals surface area contributed by atoms with E-state index in [-0.39, 0.29) is 17.3 Å². The second kappa shape index (κ2) is 5.50. The molecule has 1 heterocycles. The second-order valence-corrected chi connectivity index (χ2v) is 6.48. The van der Waals surface area contributed by atoms with Gasteiger partial charge in [0.25, 0.3) is 0 Å². The van der Waals surface area contributed by atoms with Crippen LogP contribution in [0.5, 0.6) is 5.75 Å². The normalized spacial score (nSPS) is 11.3. The van der Waals surface area contributed by atoms with Gasteiger partial charge in [-0.3, -0.25) is 4.79 Å². The first-order chi connectivity index (χ1) is 9.38. The maximum absolute atomic E-state index is 11.9. The fourth-order valence-corrected chi connectivity index (χ4v) is 2.42. The van der Waals surface area contributed by atoms with Crippen molar-refractivity contribution < 1.29 is 17.9 Å². The third kappa shape index (κ3) is 3.27. The molecular weight excluding hydrogens is 278 g/mol. The average Bonchev–Trinajstić information content (AvgIpc) is 2.82. The lowest BCUT2D eigenvalue weighted by Crippen LogP contribution is -2.14. The van der Waals surface area contributed by atoms with Gasteiger partial charge in [-0.1, -0.05) is 6.07 Å². The van der Waals surface area contributed by atoms with Crippen LogP contribution in [0.4, 0.5) is 0 Å². The highest BCUT2D eigenvalue weighted by Crippen LogP contribution is 2.17. The summed E-state index contributed by atoms with van der Waals surface area (Å²) < 4.78 is 29.9. The van der Waals surface area contributed by atoms with Gasteiger partial charge >= 0.3 is 0 Å². The number of aryl methyl sites for hydroxylation is 1. The van der Waals surface area contributed by atoms with E-state index >= 15 is 0 Å². The summed E-state index contributed by atoms with van der Waals surface area (Å²) in [6.07, 6.45) is 2.90. The van der Waals surface area contributed by atoms with Gasteiger partial charge in [-0.2, -0.15) is 0 Å². The number of benzene rings is 1. The van der Waals surface area contributed by atoms with Crippen molar-refractivity contribution in [3.63, 3.8) is 0 Å². The molecule has 0 amide bonds. The van der Waals surface area contributed by atoms with Crippen LogP contribution in [0.3, 0.4) is 0 Å². The van der Waals surface area contributed by atoms with Gasteiger partial charge in [0.05, 0.1) is 10.6 Å². The first-order valence-corrected chi connectivity index (χ1v) is 7.84. The lowest BCUT2D eigenvalue weighted by atomic mass is 10.3. The molecule has 0 bridgehead atoms. The van der Waals surface area contributed by atoms with E-state index in [1.807, 2.05) is 0 Å². The van der Waals surface area contributed by atoms with E-state index in [1.165, 1.54) is 12.1 Å². The quantitative estimate of drug-likeness (QED) is 0.787. The fourth-order valence-electron chi connectivity index (χ4n) is 1.77. The zero-order chi connectivity index (χ0) is 14.8. The zero-order valence-corrected chi connectivity index (χ0v) is 12.1.